The molecule has 1 fully saturated rings. The highest BCUT2D eigenvalue weighted by atomic mass is 127. The summed E-state index contributed by atoms with van der Waals surface area (Å²) in [4.78, 5) is 34.3. The number of aliphatic hydroxyl groups is 1. The Kier molecular flexibility index (Phi) is 5.16. The third kappa shape index (κ3) is 3.86. The average Bonchev–Trinajstić information content (AvgIpc) is 3.20. The Morgan fingerprint density at radius 1 is 1.21 bits per heavy atom. The minimum Gasteiger partial charge on any atom is -0.378 e. The largest absolute Gasteiger partial charge is 0.378 e. The lowest BCUT2D eigenvalue weighted by Crippen LogP contribution is -2.62. The van der Waals surface area contributed by atoms with E-state index in [0.717, 1.165) is 15.7 Å². The van der Waals surface area contributed by atoms with E-state index < -0.39 is 22.9 Å². The smallest absolute Gasteiger partial charge is 0.276 e. The second kappa shape index (κ2) is 7.92. The predicted octanol–water partition coefficient (Wildman–Crippen LogP) is 2.49. The van der Waals surface area contributed by atoms with Crippen LogP contribution in [0.15, 0.2) is 53.3 Å². The van der Waals surface area contributed by atoms with Gasteiger partial charge in [0.2, 0.25) is 0 Å². The summed E-state index contributed by atoms with van der Waals surface area (Å²) in [6, 6.07) is 13.1. The predicted molar refractivity (Wildman–Crippen MR) is 128 cm³/mol. The van der Waals surface area contributed by atoms with Crippen molar-refractivity contribution in [2.45, 2.75) is 5.60 Å². The molecule has 3 heterocycles. The molecule has 0 aliphatic carbocycles. The van der Waals surface area contributed by atoms with E-state index in [9.17, 15) is 19.1 Å². The molecule has 0 radical (unpaired) electrons. The van der Waals surface area contributed by atoms with Gasteiger partial charge in [-0.15, -0.1) is 0 Å². The van der Waals surface area contributed by atoms with Gasteiger partial charge in [0.15, 0.2) is 11.3 Å². The maximum atomic E-state index is 14.4. The monoisotopic (exact) mass is 560 g/mol. The Morgan fingerprint density at radius 2 is 1.97 bits per heavy atom. The van der Waals surface area contributed by atoms with E-state index in [4.69, 9.17) is 0 Å². The first-order valence-corrected chi connectivity index (χ1v) is 11.1. The fraction of sp³-hybridized carbons (Fsp3) is 0.182. The van der Waals surface area contributed by atoms with Gasteiger partial charge in [0.05, 0.1) is 35.5 Å². The van der Waals surface area contributed by atoms with Crippen LogP contribution in [-0.2, 0) is 12.6 Å². The molecule has 5 rings (SSSR count). The maximum Gasteiger partial charge on any atom is 0.276 e. The standard InChI is InChI=1S/C22H18FIN6O3/c1-29-18(31)9-17(25-14-7-6-12(24)8-13(14)23)19(28-29)20(32)30-10-22(33,11-30)21-26-15-4-2-3-5-16(15)27-21/h2-9,25,33H,10-11H2,1H3,(H,26,27). The Hall–Kier alpha value is -3.32. The number of amides is 1. The summed E-state index contributed by atoms with van der Waals surface area (Å²) < 4.78 is 16.1. The van der Waals surface area contributed by atoms with E-state index in [1.54, 1.807) is 6.07 Å². The van der Waals surface area contributed by atoms with Gasteiger partial charge < -0.3 is 20.3 Å². The van der Waals surface area contributed by atoms with E-state index in [1.165, 1.54) is 30.1 Å². The molecule has 2 aromatic heterocycles. The van der Waals surface area contributed by atoms with Crippen LogP contribution in [0.2, 0.25) is 0 Å². The van der Waals surface area contributed by atoms with Gasteiger partial charge in [0.25, 0.3) is 11.5 Å². The zero-order chi connectivity index (χ0) is 23.3. The quantitative estimate of drug-likeness (QED) is 0.331. The lowest BCUT2D eigenvalue weighted by molar-refractivity contribution is -0.0918. The van der Waals surface area contributed by atoms with Crippen LogP contribution in [-0.4, -0.2) is 48.8 Å². The molecule has 3 N–H and O–H groups in total. The number of H-pyrrole nitrogens is 1. The van der Waals surface area contributed by atoms with Crippen LogP contribution in [0, 0.1) is 9.39 Å². The van der Waals surface area contributed by atoms with Crippen molar-refractivity contribution >= 4 is 50.9 Å². The van der Waals surface area contributed by atoms with Gasteiger partial charge in [-0.05, 0) is 52.9 Å². The number of nitrogens with zero attached hydrogens (tertiary/aromatic N) is 4. The van der Waals surface area contributed by atoms with Gasteiger partial charge in [-0.2, -0.15) is 5.10 Å². The number of fused-ring (bicyclic) bond motifs is 1. The molecule has 1 aliphatic rings. The molecule has 1 amide bonds. The van der Waals surface area contributed by atoms with E-state index in [0.29, 0.717) is 9.39 Å². The molecule has 1 aliphatic heterocycles. The Balaban J connectivity index is 1.42. The number of para-hydroxylation sites is 2. The fourth-order valence-corrected chi connectivity index (χ4v) is 4.18. The van der Waals surface area contributed by atoms with Crippen LogP contribution in [0.25, 0.3) is 11.0 Å². The number of anilines is 2. The van der Waals surface area contributed by atoms with Gasteiger partial charge >= 0.3 is 0 Å². The molecule has 0 atom stereocenters. The number of halogens is 2. The van der Waals surface area contributed by atoms with Crippen molar-refractivity contribution in [2.75, 3.05) is 18.4 Å². The number of carbonyl (C=O) groups excluding carboxylic acids is 1. The van der Waals surface area contributed by atoms with Crippen LogP contribution in [0.5, 0.6) is 0 Å². The molecule has 168 valence electrons. The number of benzene rings is 2. The Bertz CT molecular complexity index is 1430. The molecule has 0 bridgehead atoms. The number of carbonyl (C=O) groups is 1. The number of aromatic nitrogens is 4. The van der Waals surface area contributed by atoms with E-state index in [1.807, 2.05) is 46.9 Å². The van der Waals surface area contributed by atoms with E-state index in [2.05, 4.69) is 20.4 Å². The van der Waals surface area contributed by atoms with Crippen LogP contribution >= 0.6 is 22.6 Å². The highest BCUT2D eigenvalue weighted by Gasteiger charge is 2.48. The van der Waals surface area contributed by atoms with Crippen molar-refractivity contribution in [1.82, 2.24) is 24.6 Å². The van der Waals surface area contributed by atoms with Crippen LogP contribution in [0.4, 0.5) is 15.8 Å². The molecular formula is C22H18FIN6O3. The molecule has 0 saturated carbocycles. The molecule has 1 saturated heterocycles. The number of imidazole rings is 1. The average molecular weight is 560 g/mol. The normalized spacial score (nSPS) is 14.8. The SMILES string of the molecule is Cn1nc(C(=O)N2CC(O)(c3nc4ccccc4[nH]3)C2)c(Nc2ccc(I)cc2F)cc1=O. The molecule has 33 heavy (non-hydrogen) atoms. The van der Waals surface area contributed by atoms with Gasteiger partial charge in [-0.3, -0.25) is 9.59 Å². The zero-order valence-electron chi connectivity index (χ0n) is 17.3. The Labute approximate surface area is 200 Å². The fourth-order valence-electron chi connectivity index (χ4n) is 3.73. The van der Waals surface area contributed by atoms with Gasteiger partial charge in [0, 0.05) is 16.7 Å². The lowest BCUT2D eigenvalue weighted by atomic mass is 9.93. The number of nitrogens with one attached hydrogen (secondary N) is 2. The van der Waals surface area contributed by atoms with E-state index >= 15 is 0 Å². The summed E-state index contributed by atoms with van der Waals surface area (Å²) in [6.07, 6.45) is 0. The molecule has 0 unspecified atom stereocenters. The number of likely N-dealkylation sites (tertiary alicyclic amines) is 1. The summed E-state index contributed by atoms with van der Waals surface area (Å²) in [5, 5.41) is 17.9. The number of aromatic amines is 1. The van der Waals surface area contributed by atoms with Crippen LogP contribution < -0.4 is 10.9 Å². The van der Waals surface area contributed by atoms with Gasteiger partial charge in [-0.1, -0.05) is 12.1 Å². The first-order valence-electron chi connectivity index (χ1n) is 10.0. The molecule has 0 spiro atoms. The van der Waals surface area contributed by atoms with Crippen molar-refractivity contribution in [3.8, 4) is 0 Å². The third-order valence-corrected chi connectivity index (χ3v) is 6.19. The summed E-state index contributed by atoms with van der Waals surface area (Å²) >= 11 is 1.99. The highest BCUT2D eigenvalue weighted by molar-refractivity contribution is 14.1. The highest BCUT2D eigenvalue weighted by Crippen LogP contribution is 2.33. The lowest BCUT2D eigenvalue weighted by Gasteiger charge is -2.44. The molecular weight excluding hydrogens is 542 g/mol. The minimum atomic E-state index is -1.33. The van der Waals surface area contributed by atoms with Gasteiger partial charge in [-0.25, -0.2) is 14.1 Å². The van der Waals surface area contributed by atoms with Crippen molar-refractivity contribution in [1.29, 1.82) is 0 Å². The number of hydrogen-bond acceptors (Lipinski definition) is 6. The maximum absolute atomic E-state index is 14.4. The number of β-amino-alcohol motifs (C(OH)–C–C–N with tert-alkyl or cyclic N) is 1. The Morgan fingerprint density at radius 3 is 2.70 bits per heavy atom. The number of aryl methyl sites for hydroxylation is 1. The molecule has 2 aromatic carbocycles. The minimum absolute atomic E-state index is 0.00644. The summed E-state index contributed by atoms with van der Waals surface area (Å²) in [5.41, 5.74) is -0.133. The first kappa shape index (κ1) is 21.5. The molecule has 4 aromatic rings. The van der Waals surface area contributed by atoms with Crippen LogP contribution in [0.1, 0.15) is 16.3 Å². The van der Waals surface area contributed by atoms with Crippen molar-refractivity contribution in [3.05, 3.63) is 79.8 Å². The van der Waals surface area contributed by atoms with Crippen LogP contribution in [0.3, 0.4) is 0 Å². The summed E-state index contributed by atoms with van der Waals surface area (Å²) in [7, 11) is 1.43. The number of rotatable bonds is 4. The number of hydrogen-bond donors (Lipinski definition) is 3. The van der Waals surface area contributed by atoms with Crippen molar-refractivity contribution in [2.24, 2.45) is 7.05 Å². The second-order valence-corrected chi connectivity index (χ2v) is 9.16. The molecule has 9 nitrogen and oxygen atoms in total. The topological polar surface area (TPSA) is 116 Å². The van der Waals surface area contributed by atoms with Crippen molar-refractivity contribution < 1.29 is 14.3 Å². The van der Waals surface area contributed by atoms with E-state index in [-0.39, 0.29) is 30.2 Å². The third-order valence-electron chi connectivity index (χ3n) is 5.52. The summed E-state index contributed by atoms with van der Waals surface area (Å²) in [6.45, 7) is -0.0129. The second-order valence-electron chi connectivity index (χ2n) is 7.91. The molecule has 11 heteroatoms. The first-order chi connectivity index (χ1) is 15.7. The van der Waals surface area contributed by atoms with Crippen molar-refractivity contribution in [3.63, 3.8) is 0 Å². The summed E-state index contributed by atoms with van der Waals surface area (Å²) in [5.74, 6) is -0.649. The zero-order valence-corrected chi connectivity index (χ0v) is 19.5. The van der Waals surface area contributed by atoms with Gasteiger partial charge in [0.1, 0.15) is 11.6 Å².